The highest BCUT2D eigenvalue weighted by atomic mass is 32.2. The van der Waals surface area contributed by atoms with E-state index in [0.29, 0.717) is 6.54 Å². The van der Waals surface area contributed by atoms with E-state index in [9.17, 15) is 9.59 Å². The first-order chi connectivity index (χ1) is 14.0. The molecule has 0 radical (unpaired) electrons. The fourth-order valence-electron chi connectivity index (χ4n) is 4.54. The van der Waals surface area contributed by atoms with Gasteiger partial charge in [0.2, 0.25) is 11.8 Å². The Morgan fingerprint density at radius 3 is 2.66 bits per heavy atom. The molecule has 0 aliphatic carbocycles. The van der Waals surface area contributed by atoms with Crippen LogP contribution in [0.3, 0.4) is 0 Å². The van der Waals surface area contributed by atoms with E-state index in [1.165, 1.54) is 19.5 Å². The maximum Gasteiger partial charge on any atom is 0.227 e. The number of rotatable bonds is 8. The van der Waals surface area contributed by atoms with Crippen LogP contribution in [0.4, 0.5) is 5.69 Å². The Morgan fingerprint density at radius 2 is 1.86 bits per heavy atom. The molecule has 2 atom stereocenters. The number of fused-ring (bicyclic) bond motifs is 1. The molecule has 1 fully saturated rings. The summed E-state index contributed by atoms with van der Waals surface area (Å²) in [4.78, 5) is 30.3. The molecule has 1 N–H and O–H groups in total. The Morgan fingerprint density at radius 1 is 1.10 bits per heavy atom. The highest BCUT2D eigenvalue weighted by Crippen LogP contribution is 2.34. The monoisotopic (exact) mass is 417 g/mol. The molecule has 2 heterocycles. The topological polar surface area (TPSA) is 52.7 Å². The molecular weight excluding hydrogens is 382 g/mol. The number of thioether (sulfide) groups is 1. The average molecular weight is 418 g/mol. The fraction of sp³-hybridized carbons (Fsp3) is 0.652. The van der Waals surface area contributed by atoms with Crippen molar-refractivity contribution < 1.29 is 9.59 Å². The predicted molar refractivity (Wildman–Crippen MR) is 120 cm³/mol. The first-order valence-electron chi connectivity index (χ1n) is 11.0. The van der Waals surface area contributed by atoms with Crippen LogP contribution in [0, 0.1) is 11.8 Å². The summed E-state index contributed by atoms with van der Waals surface area (Å²) in [5.41, 5.74) is 0.982. The third kappa shape index (κ3) is 6.75. The molecule has 2 amide bonds. The van der Waals surface area contributed by atoms with Crippen LogP contribution in [-0.4, -0.2) is 55.2 Å². The van der Waals surface area contributed by atoms with Crippen molar-refractivity contribution in [3.05, 3.63) is 24.3 Å². The minimum atomic E-state index is -0.0155. The van der Waals surface area contributed by atoms with Gasteiger partial charge in [-0.05, 0) is 49.8 Å². The minimum Gasteiger partial charge on any atom is -0.356 e. The maximum atomic E-state index is 12.6. The molecule has 2 unspecified atom stereocenters. The second kappa shape index (κ2) is 11.0. The molecule has 2 aliphatic rings. The van der Waals surface area contributed by atoms with Gasteiger partial charge < -0.3 is 15.1 Å². The summed E-state index contributed by atoms with van der Waals surface area (Å²) in [7, 11) is 0. The van der Waals surface area contributed by atoms with Crippen molar-refractivity contribution in [3.63, 3.8) is 0 Å². The normalized spacial score (nSPS) is 22.2. The zero-order valence-electron chi connectivity index (χ0n) is 17.9. The van der Waals surface area contributed by atoms with Gasteiger partial charge in [-0.2, -0.15) is 0 Å². The number of hydrogen-bond acceptors (Lipinski definition) is 4. The lowest BCUT2D eigenvalue weighted by Crippen LogP contribution is -2.39. The number of para-hydroxylation sites is 1. The molecule has 5 nitrogen and oxygen atoms in total. The number of piperidine rings is 1. The van der Waals surface area contributed by atoms with Gasteiger partial charge in [0, 0.05) is 49.7 Å². The molecule has 160 valence electrons. The van der Waals surface area contributed by atoms with Gasteiger partial charge >= 0.3 is 0 Å². The van der Waals surface area contributed by atoms with Gasteiger partial charge in [-0.1, -0.05) is 26.0 Å². The summed E-state index contributed by atoms with van der Waals surface area (Å²) in [6.07, 6.45) is 3.99. The van der Waals surface area contributed by atoms with E-state index in [4.69, 9.17) is 0 Å². The number of nitrogens with zero attached hydrogens (tertiary/aromatic N) is 2. The lowest BCUT2D eigenvalue weighted by molar-refractivity contribution is -0.125. The minimum absolute atomic E-state index is 0.0155. The van der Waals surface area contributed by atoms with Gasteiger partial charge in [0.1, 0.15) is 0 Å². The molecule has 0 saturated carbocycles. The van der Waals surface area contributed by atoms with E-state index in [1.54, 1.807) is 11.8 Å². The maximum absolute atomic E-state index is 12.6. The largest absolute Gasteiger partial charge is 0.356 e. The number of amides is 2. The number of nitrogens with one attached hydrogen (secondary N) is 1. The second-order valence-corrected chi connectivity index (χ2v) is 9.76. The smallest absolute Gasteiger partial charge is 0.227 e. The van der Waals surface area contributed by atoms with E-state index >= 15 is 0 Å². The molecule has 0 spiro atoms. The molecule has 1 saturated heterocycles. The van der Waals surface area contributed by atoms with Crippen LogP contribution in [-0.2, 0) is 9.59 Å². The Hall–Kier alpha value is -1.53. The van der Waals surface area contributed by atoms with Gasteiger partial charge in [-0.3, -0.25) is 9.59 Å². The summed E-state index contributed by atoms with van der Waals surface area (Å²) in [5.74, 6) is 2.52. The zero-order valence-corrected chi connectivity index (χ0v) is 18.7. The summed E-state index contributed by atoms with van der Waals surface area (Å²) in [5, 5.41) is 2.98. The van der Waals surface area contributed by atoms with Gasteiger partial charge in [-0.25, -0.2) is 0 Å². The molecule has 3 rings (SSSR count). The molecule has 0 aromatic heterocycles. The van der Waals surface area contributed by atoms with Crippen molar-refractivity contribution in [3.8, 4) is 0 Å². The van der Waals surface area contributed by atoms with Crippen LogP contribution in [0.1, 0.15) is 46.0 Å². The summed E-state index contributed by atoms with van der Waals surface area (Å²) < 4.78 is 0. The number of carbonyl (C=O) groups is 2. The van der Waals surface area contributed by atoms with Crippen LogP contribution in [0.2, 0.25) is 0 Å². The molecule has 1 aromatic carbocycles. The van der Waals surface area contributed by atoms with Gasteiger partial charge in [-0.15, -0.1) is 11.8 Å². The Balaban J connectivity index is 1.30. The lowest BCUT2D eigenvalue weighted by Gasteiger charge is -2.34. The molecule has 29 heavy (non-hydrogen) atoms. The van der Waals surface area contributed by atoms with Crippen molar-refractivity contribution in [1.82, 2.24) is 10.2 Å². The zero-order chi connectivity index (χ0) is 20.6. The highest BCUT2D eigenvalue weighted by molar-refractivity contribution is 7.99. The van der Waals surface area contributed by atoms with E-state index in [2.05, 4.69) is 30.1 Å². The molecular formula is C23H35N3O2S. The van der Waals surface area contributed by atoms with Gasteiger partial charge in [0.05, 0.1) is 5.69 Å². The summed E-state index contributed by atoms with van der Waals surface area (Å²) >= 11 is 1.78. The lowest BCUT2D eigenvalue weighted by atomic mass is 9.92. The Labute approximate surface area is 179 Å². The Bertz CT molecular complexity index is 686. The van der Waals surface area contributed by atoms with Crippen molar-refractivity contribution in [1.29, 1.82) is 0 Å². The van der Waals surface area contributed by atoms with Crippen LogP contribution in [0.15, 0.2) is 29.2 Å². The van der Waals surface area contributed by atoms with Crippen molar-refractivity contribution in [2.75, 3.05) is 43.4 Å². The molecule has 0 bridgehead atoms. The second-order valence-electron chi connectivity index (χ2n) is 8.62. The van der Waals surface area contributed by atoms with Crippen LogP contribution >= 0.6 is 11.8 Å². The van der Waals surface area contributed by atoms with Gasteiger partial charge in [0.15, 0.2) is 0 Å². The fourth-order valence-corrected chi connectivity index (χ4v) is 5.53. The highest BCUT2D eigenvalue weighted by Gasteiger charge is 2.23. The summed E-state index contributed by atoms with van der Waals surface area (Å²) in [6.45, 7) is 9.63. The van der Waals surface area contributed by atoms with E-state index in [-0.39, 0.29) is 24.7 Å². The first kappa shape index (κ1) is 22.2. The standard InChI is InChI=1S/C23H35N3O2S/c1-18-15-19(2)17-25(16-18)12-6-5-11-24-22(27)9-10-23(28)26-13-14-29-21-8-4-3-7-20(21)26/h3-4,7-8,18-19H,5-6,9-17H2,1-2H3,(H,24,27). The number of likely N-dealkylation sites (tertiary alicyclic amines) is 1. The third-order valence-electron chi connectivity index (χ3n) is 5.76. The van der Waals surface area contributed by atoms with Crippen LogP contribution < -0.4 is 10.2 Å². The van der Waals surface area contributed by atoms with Crippen LogP contribution in [0.5, 0.6) is 0 Å². The predicted octanol–water partition coefficient (Wildman–Crippen LogP) is 3.78. The number of hydrogen-bond donors (Lipinski definition) is 1. The van der Waals surface area contributed by atoms with E-state index in [0.717, 1.165) is 54.1 Å². The molecule has 6 heteroatoms. The number of carbonyl (C=O) groups excluding carboxylic acids is 2. The number of benzene rings is 1. The summed E-state index contributed by atoms with van der Waals surface area (Å²) in [6, 6.07) is 8.00. The Kier molecular flexibility index (Phi) is 8.42. The molecule has 1 aromatic rings. The number of anilines is 1. The number of unbranched alkanes of at least 4 members (excludes halogenated alkanes) is 1. The average Bonchev–Trinajstić information content (AvgIpc) is 2.70. The quantitative estimate of drug-likeness (QED) is 0.654. The van der Waals surface area contributed by atoms with E-state index < -0.39 is 0 Å². The van der Waals surface area contributed by atoms with Gasteiger partial charge in [0.25, 0.3) is 0 Å². The van der Waals surface area contributed by atoms with Crippen molar-refractivity contribution in [2.45, 2.75) is 50.8 Å². The van der Waals surface area contributed by atoms with Crippen LogP contribution in [0.25, 0.3) is 0 Å². The van der Waals surface area contributed by atoms with Crippen molar-refractivity contribution in [2.24, 2.45) is 11.8 Å². The van der Waals surface area contributed by atoms with E-state index in [1.807, 2.05) is 23.1 Å². The SMILES string of the molecule is CC1CC(C)CN(CCCCNC(=O)CCC(=O)N2CCSc3ccccc32)C1. The first-order valence-corrected chi connectivity index (χ1v) is 12.0. The van der Waals surface area contributed by atoms with Crippen molar-refractivity contribution >= 4 is 29.3 Å². The third-order valence-corrected chi connectivity index (χ3v) is 6.81. The molecule has 2 aliphatic heterocycles.